The van der Waals surface area contributed by atoms with Gasteiger partial charge in [-0.25, -0.2) is 4.98 Å². The zero-order valence-corrected chi connectivity index (χ0v) is 21.2. The normalized spacial score (nSPS) is 14.7. The molecule has 0 saturated carbocycles. The van der Waals surface area contributed by atoms with Gasteiger partial charge in [-0.2, -0.15) is 0 Å². The second kappa shape index (κ2) is 11.1. The molecule has 7 heteroatoms. The fourth-order valence-electron chi connectivity index (χ4n) is 4.86. The molecule has 0 bridgehead atoms. The Morgan fingerprint density at radius 1 is 1.00 bits per heavy atom. The first-order valence-electron chi connectivity index (χ1n) is 12.4. The van der Waals surface area contributed by atoms with Crippen molar-refractivity contribution >= 4 is 28.5 Å². The van der Waals surface area contributed by atoms with Crippen molar-refractivity contribution in [3.63, 3.8) is 0 Å². The SMILES string of the molecule is COc1ccc(Cn2c(CN3CCC(C(=O)NCc4ccccc4Cl)CC3)nc3ccccc32)cc1. The number of imidazole rings is 1. The molecule has 2 heterocycles. The first-order chi connectivity index (χ1) is 17.6. The van der Waals surface area contributed by atoms with Crippen LogP contribution in [0.15, 0.2) is 72.8 Å². The zero-order valence-electron chi connectivity index (χ0n) is 20.5. The van der Waals surface area contributed by atoms with E-state index in [0.717, 1.165) is 67.2 Å². The summed E-state index contributed by atoms with van der Waals surface area (Å²) in [5.74, 6) is 2.05. The fraction of sp³-hybridized carbons (Fsp3) is 0.310. The summed E-state index contributed by atoms with van der Waals surface area (Å²) in [5, 5.41) is 3.75. The summed E-state index contributed by atoms with van der Waals surface area (Å²) in [5.41, 5.74) is 4.29. The van der Waals surface area contributed by atoms with Gasteiger partial charge in [-0.3, -0.25) is 9.69 Å². The number of ether oxygens (including phenoxy) is 1. The number of halogens is 1. The predicted octanol–water partition coefficient (Wildman–Crippen LogP) is 5.28. The standard InChI is InChI=1S/C29H31ClN4O2/c1-36-24-12-10-21(11-13-24)19-34-27-9-5-4-8-26(27)32-28(34)20-33-16-14-22(15-17-33)29(35)31-18-23-6-2-3-7-25(23)30/h2-13,22H,14-20H2,1H3,(H,31,35). The molecule has 0 unspecified atom stereocenters. The lowest BCUT2D eigenvalue weighted by Gasteiger charge is -2.31. The van der Waals surface area contributed by atoms with Crippen LogP contribution < -0.4 is 10.1 Å². The van der Waals surface area contributed by atoms with E-state index in [-0.39, 0.29) is 11.8 Å². The molecule has 1 aliphatic heterocycles. The van der Waals surface area contributed by atoms with E-state index in [4.69, 9.17) is 21.3 Å². The number of amides is 1. The molecule has 0 radical (unpaired) electrons. The minimum Gasteiger partial charge on any atom is -0.497 e. The number of hydrogen-bond donors (Lipinski definition) is 1. The number of aromatic nitrogens is 2. The Balaban J connectivity index is 1.22. The van der Waals surface area contributed by atoms with E-state index in [1.807, 2.05) is 42.5 Å². The number of nitrogens with zero attached hydrogens (tertiary/aromatic N) is 3. The molecule has 3 aromatic carbocycles. The Labute approximate surface area is 216 Å². The highest BCUT2D eigenvalue weighted by Crippen LogP contribution is 2.24. The van der Waals surface area contributed by atoms with Crippen LogP contribution in [0.2, 0.25) is 5.02 Å². The Kier molecular flexibility index (Phi) is 7.54. The third-order valence-electron chi connectivity index (χ3n) is 6.97. The van der Waals surface area contributed by atoms with E-state index in [1.165, 1.54) is 5.56 Å². The number of nitrogens with one attached hydrogen (secondary N) is 1. The number of para-hydroxylation sites is 2. The van der Waals surface area contributed by atoms with Crippen LogP contribution in [-0.2, 0) is 24.4 Å². The number of hydrogen-bond acceptors (Lipinski definition) is 4. The van der Waals surface area contributed by atoms with E-state index in [0.29, 0.717) is 11.6 Å². The van der Waals surface area contributed by atoms with Crippen molar-refractivity contribution in [2.75, 3.05) is 20.2 Å². The van der Waals surface area contributed by atoms with Gasteiger partial charge in [-0.05, 0) is 67.4 Å². The van der Waals surface area contributed by atoms with Crippen molar-refractivity contribution in [3.8, 4) is 5.75 Å². The van der Waals surface area contributed by atoms with Gasteiger partial charge in [0.15, 0.2) is 0 Å². The summed E-state index contributed by atoms with van der Waals surface area (Å²) in [6.07, 6.45) is 1.68. The maximum atomic E-state index is 12.8. The molecule has 6 nitrogen and oxygen atoms in total. The molecular weight excluding hydrogens is 472 g/mol. The van der Waals surface area contributed by atoms with Crippen LogP contribution in [0.5, 0.6) is 5.75 Å². The lowest BCUT2D eigenvalue weighted by atomic mass is 9.96. The quantitative estimate of drug-likeness (QED) is 0.356. The smallest absolute Gasteiger partial charge is 0.223 e. The topological polar surface area (TPSA) is 59.4 Å². The van der Waals surface area contributed by atoms with Gasteiger partial charge in [-0.15, -0.1) is 0 Å². The molecule has 0 atom stereocenters. The van der Waals surface area contributed by atoms with Crippen molar-refractivity contribution in [1.29, 1.82) is 0 Å². The molecule has 186 valence electrons. The summed E-state index contributed by atoms with van der Waals surface area (Å²) >= 11 is 6.22. The molecule has 1 aliphatic rings. The highest BCUT2D eigenvalue weighted by atomic mass is 35.5. The van der Waals surface area contributed by atoms with E-state index in [9.17, 15) is 4.79 Å². The summed E-state index contributed by atoms with van der Waals surface area (Å²) in [6.45, 7) is 3.72. The third-order valence-corrected chi connectivity index (χ3v) is 7.34. The Bertz CT molecular complexity index is 1330. The second-order valence-corrected chi connectivity index (χ2v) is 9.72. The summed E-state index contributed by atoms with van der Waals surface area (Å²) in [4.78, 5) is 20.1. The zero-order chi connectivity index (χ0) is 24.9. The molecule has 1 fully saturated rings. The molecule has 36 heavy (non-hydrogen) atoms. The van der Waals surface area contributed by atoms with Crippen molar-refractivity contribution in [2.24, 2.45) is 5.92 Å². The lowest BCUT2D eigenvalue weighted by Crippen LogP contribution is -2.40. The minimum absolute atomic E-state index is 0.0295. The molecule has 1 saturated heterocycles. The molecule has 0 aliphatic carbocycles. The molecule has 4 aromatic rings. The van der Waals surface area contributed by atoms with Gasteiger partial charge in [-0.1, -0.05) is 54.1 Å². The number of benzene rings is 3. The number of carbonyl (C=O) groups is 1. The van der Waals surface area contributed by atoms with Gasteiger partial charge in [0, 0.05) is 24.0 Å². The van der Waals surface area contributed by atoms with Crippen LogP contribution >= 0.6 is 11.6 Å². The Morgan fingerprint density at radius 2 is 1.72 bits per heavy atom. The van der Waals surface area contributed by atoms with E-state index in [1.54, 1.807) is 7.11 Å². The number of fused-ring (bicyclic) bond motifs is 1. The highest BCUT2D eigenvalue weighted by molar-refractivity contribution is 6.31. The third kappa shape index (κ3) is 5.55. The van der Waals surface area contributed by atoms with Crippen LogP contribution in [0.3, 0.4) is 0 Å². The predicted molar refractivity (Wildman–Crippen MR) is 143 cm³/mol. The van der Waals surface area contributed by atoms with Gasteiger partial charge >= 0.3 is 0 Å². The van der Waals surface area contributed by atoms with Crippen LogP contribution in [0.1, 0.15) is 29.8 Å². The second-order valence-electron chi connectivity index (χ2n) is 9.31. The maximum Gasteiger partial charge on any atom is 0.223 e. The van der Waals surface area contributed by atoms with Gasteiger partial charge < -0.3 is 14.6 Å². The number of methoxy groups -OCH3 is 1. The van der Waals surface area contributed by atoms with Gasteiger partial charge in [0.25, 0.3) is 0 Å². The number of carbonyl (C=O) groups excluding carboxylic acids is 1. The van der Waals surface area contributed by atoms with Crippen LogP contribution in [0, 0.1) is 5.92 Å². The molecule has 0 spiro atoms. The average molecular weight is 503 g/mol. The summed E-state index contributed by atoms with van der Waals surface area (Å²) < 4.78 is 7.61. The van der Waals surface area contributed by atoms with Crippen LogP contribution in [0.25, 0.3) is 11.0 Å². The first-order valence-corrected chi connectivity index (χ1v) is 12.8. The van der Waals surface area contributed by atoms with Gasteiger partial charge in [0.1, 0.15) is 11.6 Å². The molecular formula is C29H31ClN4O2. The fourth-order valence-corrected chi connectivity index (χ4v) is 5.06. The van der Waals surface area contributed by atoms with Crippen LogP contribution in [-0.4, -0.2) is 40.6 Å². The van der Waals surface area contributed by atoms with Crippen molar-refractivity contribution < 1.29 is 9.53 Å². The maximum absolute atomic E-state index is 12.8. The van der Waals surface area contributed by atoms with E-state index in [2.05, 4.69) is 45.1 Å². The first kappa shape index (κ1) is 24.3. The number of piperidine rings is 1. The van der Waals surface area contributed by atoms with Gasteiger partial charge in [0.2, 0.25) is 5.91 Å². The lowest BCUT2D eigenvalue weighted by molar-refractivity contribution is -0.126. The van der Waals surface area contributed by atoms with Crippen molar-refractivity contribution in [2.45, 2.75) is 32.5 Å². The molecule has 5 rings (SSSR count). The van der Waals surface area contributed by atoms with E-state index < -0.39 is 0 Å². The Hall–Kier alpha value is -3.35. The van der Waals surface area contributed by atoms with Crippen molar-refractivity contribution in [1.82, 2.24) is 19.8 Å². The molecule has 1 aromatic heterocycles. The molecule has 1 amide bonds. The Morgan fingerprint density at radius 3 is 2.47 bits per heavy atom. The highest BCUT2D eigenvalue weighted by Gasteiger charge is 2.26. The summed E-state index contributed by atoms with van der Waals surface area (Å²) in [6, 6.07) is 24.1. The largest absolute Gasteiger partial charge is 0.497 e. The van der Waals surface area contributed by atoms with E-state index >= 15 is 0 Å². The summed E-state index contributed by atoms with van der Waals surface area (Å²) in [7, 11) is 1.68. The molecule has 1 N–H and O–H groups in total. The number of rotatable bonds is 8. The number of likely N-dealkylation sites (tertiary alicyclic amines) is 1. The average Bonchev–Trinajstić information content (AvgIpc) is 3.25. The monoisotopic (exact) mass is 502 g/mol. The van der Waals surface area contributed by atoms with Crippen molar-refractivity contribution in [3.05, 3.63) is 94.8 Å². The minimum atomic E-state index is 0.0295. The van der Waals surface area contributed by atoms with Gasteiger partial charge in [0.05, 0.1) is 24.7 Å². The van der Waals surface area contributed by atoms with Crippen LogP contribution in [0.4, 0.5) is 0 Å².